The van der Waals surface area contributed by atoms with Gasteiger partial charge in [0.15, 0.2) is 0 Å². The average molecular weight is 728 g/mol. The quantitative estimate of drug-likeness (QED) is 0.191. The lowest BCUT2D eigenvalue weighted by atomic mass is 9.97. The molecular formula is C44H49N5O5. The van der Waals surface area contributed by atoms with Crippen molar-refractivity contribution in [3.63, 3.8) is 0 Å². The molecule has 0 saturated carbocycles. The van der Waals surface area contributed by atoms with Gasteiger partial charge in [0.25, 0.3) is 0 Å². The van der Waals surface area contributed by atoms with Gasteiger partial charge < -0.3 is 25.1 Å². The SMILES string of the molecule is O=C1NC[C@H](Cc2ccc(O)cc2)N(C[C@@H]2CCCN2C[C@H](Cc2ccccc2)N2C[C@H](Cc3ccccc3)N(CCc3ccccc3)C(=O)C2=O)C1=O. The molecule has 2 N–H and O–H groups in total. The van der Waals surface area contributed by atoms with E-state index in [4.69, 9.17) is 0 Å². The number of hydrogen-bond acceptors (Lipinski definition) is 6. The predicted octanol–water partition coefficient (Wildman–Crippen LogP) is 3.86. The van der Waals surface area contributed by atoms with Crippen LogP contribution in [0, 0.1) is 0 Å². The number of hydrogen-bond donors (Lipinski definition) is 2. The van der Waals surface area contributed by atoms with E-state index in [1.54, 1.807) is 21.9 Å². The highest BCUT2D eigenvalue weighted by atomic mass is 16.3. The number of nitrogens with zero attached hydrogens (tertiary/aromatic N) is 4. The minimum absolute atomic E-state index is 0.0153. The number of carbonyl (C=O) groups is 4. The van der Waals surface area contributed by atoms with Crippen molar-refractivity contribution >= 4 is 23.6 Å². The van der Waals surface area contributed by atoms with E-state index < -0.39 is 23.6 Å². The minimum Gasteiger partial charge on any atom is -0.508 e. The standard InChI is InChI=1S/C44H49N5O5/c50-40-20-18-35(19-21-40)25-37-28-45-41(51)42(52)48(37)30-36-17-10-23-46(36)29-38(26-33-13-6-2-7-14-33)49-31-39(27-34-15-8-3-9-16-34)47(43(53)44(49)54)24-22-32-11-4-1-5-12-32/h1-9,11-16,18-21,36-39,50H,10,17,22-31H2,(H,45,51)/t36-,37-,38-,39-/m0/s1. The van der Waals surface area contributed by atoms with Crippen LogP contribution in [0.1, 0.15) is 35.1 Å². The van der Waals surface area contributed by atoms with Gasteiger partial charge in [0, 0.05) is 44.8 Å². The predicted molar refractivity (Wildman–Crippen MR) is 206 cm³/mol. The van der Waals surface area contributed by atoms with Crippen molar-refractivity contribution in [2.24, 2.45) is 0 Å². The topological polar surface area (TPSA) is 114 Å². The third kappa shape index (κ3) is 8.82. The van der Waals surface area contributed by atoms with Crippen LogP contribution in [0.2, 0.25) is 0 Å². The van der Waals surface area contributed by atoms with Crippen LogP contribution in [0.3, 0.4) is 0 Å². The van der Waals surface area contributed by atoms with Crippen LogP contribution in [-0.2, 0) is 44.9 Å². The average Bonchev–Trinajstić information content (AvgIpc) is 3.63. The van der Waals surface area contributed by atoms with Gasteiger partial charge in [0.1, 0.15) is 5.75 Å². The fraction of sp³-hybridized carbons (Fsp3) is 0.364. The normalized spacial score (nSPS) is 21.4. The number of rotatable bonds is 14. The summed E-state index contributed by atoms with van der Waals surface area (Å²) in [5.41, 5.74) is 4.29. The largest absolute Gasteiger partial charge is 0.508 e. The zero-order valence-corrected chi connectivity index (χ0v) is 30.6. The third-order valence-corrected chi connectivity index (χ3v) is 11.3. The Morgan fingerprint density at radius 3 is 1.94 bits per heavy atom. The van der Waals surface area contributed by atoms with Gasteiger partial charge in [-0.2, -0.15) is 0 Å². The molecule has 280 valence electrons. The Hall–Kier alpha value is -5.48. The molecule has 3 aliphatic rings. The highest BCUT2D eigenvalue weighted by Crippen LogP contribution is 2.27. The highest BCUT2D eigenvalue weighted by molar-refractivity contribution is 6.36. The smallest absolute Gasteiger partial charge is 0.312 e. The zero-order valence-electron chi connectivity index (χ0n) is 30.6. The zero-order chi connectivity index (χ0) is 37.4. The van der Waals surface area contributed by atoms with Crippen LogP contribution in [0.4, 0.5) is 0 Å². The summed E-state index contributed by atoms with van der Waals surface area (Å²) in [4.78, 5) is 62.2. The molecule has 0 aromatic heterocycles. The van der Waals surface area contributed by atoms with Gasteiger partial charge in [-0.25, -0.2) is 0 Å². The monoisotopic (exact) mass is 727 g/mol. The van der Waals surface area contributed by atoms with Gasteiger partial charge in [0.2, 0.25) is 0 Å². The molecule has 0 unspecified atom stereocenters. The van der Waals surface area contributed by atoms with E-state index in [1.807, 2.05) is 71.6 Å². The van der Waals surface area contributed by atoms with E-state index in [0.717, 1.165) is 41.6 Å². The van der Waals surface area contributed by atoms with Crippen molar-refractivity contribution < 1.29 is 24.3 Å². The van der Waals surface area contributed by atoms with E-state index in [1.165, 1.54) is 0 Å². The number of benzene rings is 4. The molecule has 3 saturated heterocycles. The molecule has 4 atom stereocenters. The van der Waals surface area contributed by atoms with Gasteiger partial charge in [-0.15, -0.1) is 0 Å². The number of piperazine rings is 2. The molecule has 0 aliphatic carbocycles. The number of phenols is 1. The first-order chi connectivity index (χ1) is 26.3. The molecule has 10 heteroatoms. The molecule has 4 aromatic carbocycles. The number of aromatic hydroxyl groups is 1. The van der Waals surface area contributed by atoms with Gasteiger partial charge in [-0.1, -0.05) is 103 Å². The second kappa shape index (κ2) is 17.1. The molecule has 3 aliphatic heterocycles. The summed E-state index contributed by atoms with van der Waals surface area (Å²) < 4.78 is 0. The summed E-state index contributed by atoms with van der Waals surface area (Å²) in [5.74, 6) is -1.89. The molecule has 0 radical (unpaired) electrons. The van der Waals surface area contributed by atoms with Gasteiger partial charge in [-0.05, 0) is 79.5 Å². The Morgan fingerprint density at radius 2 is 1.26 bits per heavy atom. The Balaban J connectivity index is 1.13. The van der Waals surface area contributed by atoms with Crippen LogP contribution in [0.25, 0.3) is 0 Å². The number of phenolic OH excluding ortho intramolecular Hbond substituents is 1. The van der Waals surface area contributed by atoms with E-state index >= 15 is 0 Å². The van der Waals surface area contributed by atoms with Crippen molar-refractivity contribution in [2.75, 3.05) is 39.3 Å². The van der Waals surface area contributed by atoms with E-state index in [2.05, 4.69) is 46.6 Å². The molecule has 10 nitrogen and oxygen atoms in total. The van der Waals surface area contributed by atoms with Gasteiger partial charge in [0.05, 0.1) is 12.1 Å². The van der Waals surface area contributed by atoms with Crippen molar-refractivity contribution in [3.05, 3.63) is 138 Å². The molecule has 4 aromatic rings. The molecule has 3 heterocycles. The minimum atomic E-state index is -0.595. The molecule has 0 bridgehead atoms. The molecule has 7 rings (SSSR count). The number of likely N-dealkylation sites (tertiary alicyclic amines) is 1. The van der Waals surface area contributed by atoms with Crippen LogP contribution < -0.4 is 5.32 Å². The Labute approximate surface area is 317 Å². The summed E-state index contributed by atoms with van der Waals surface area (Å²) in [6.45, 7) is 2.95. The van der Waals surface area contributed by atoms with E-state index in [-0.39, 0.29) is 29.9 Å². The number of carbonyl (C=O) groups excluding carboxylic acids is 4. The molecule has 4 amide bonds. The third-order valence-electron chi connectivity index (χ3n) is 11.3. The molecule has 54 heavy (non-hydrogen) atoms. The summed E-state index contributed by atoms with van der Waals surface area (Å²) in [5, 5.41) is 12.5. The van der Waals surface area contributed by atoms with Crippen molar-refractivity contribution in [1.29, 1.82) is 0 Å². The second-order valence-electron chi connectivity index (χ2n) is 14.9. The highest BCUT2D eigenvalue weighted by Gasteiger charge is 2.43. The van der Waals surface area contributed by atoms with Crippen LogP contribution >= 0.6 is 0 Å². The Morgan fingerprint density at radius 1 is 0.648 bits per heavy atom. The van der Waals surface area contributed by atoms with Crippen molar-refractivity contribution in [2.45, 2.75) is 62.7 Å². The van der Waals surface area contributed by atoms with Crippen molar-refractivity contribution in [1.82, 2.24) is 24.9 Å². The molecule has 3 fully saturated rings. The number of nitrogens with one attached hydrogen (secondary N) is 1. The van der Waals surface area contributed by atoms with Gasteiger partial charge in [-0.3, -0.25) is 24.1 Å². The van der Waals surface area contributed by atoms with Crippen LogP contribution in [0.5, 0.6) is 5.75 Å². The fourth-order valence-electron chi connectivity index (χ4n) is 8.38. The fourth-order valence-corrected chi connectivity index (χ4v) is 8.38. The van der Waals surface area contributed by atoms with Gasteiger partial charge >= 0.3 is 23.6 Å². The maximum atomic E-state index is 14.3. The first-order valence-electron chi connectivity index (χ1n) is 19.2. The summed E-state index contributed by atoms with van der Waals surface area (Å²) >= 11 is 0. The van der Waals surface area contributed by atoms with Crippen LogP contribution in [0.15, 0.2) is 115 Å². The summed E-state index contributed by atoms with van der Waals surface area (Å²) in [6.07, 6.45) is 4.21. The lowest BCUT2D eigenvalue weighted by molar-refractivity contribution is -0.161. The molecule has 0 spiro atoms. The lowest BCUT2D eigenvalue weighted by Gasteiger charge is -2.45. The second-order valence-corrected chi connectivity index (χ2v) is 14.9. The first-order valence-corrected chi connectivity index (χ1v) is 19.2. The van der Waals surface area contributed by atoms with Crippen LogP contribution in [-0.4, -0.2) is 112 Å². The first kappa shape index (κ1) is 36.9. The Kier molecular flexibility index (Phi) is 11.7. The maximum absolute atomic E-state index is 14.3. The number of amides is 4. The van der Waals surface area contributed by atoms with E-state index in [0.29, 0.717) is 58.4 Å². The molecular weight excluding hydrogens is 679 g/mol. The summed E-state index contributed by atoms with van der Waals surface area (Å²) in [6, 6.07) is 36.6. The van der Waals surface area contributed by atoms with E-state index in [9.17, 15) is 24.3 Å². The Bertz CT molecular complexity index is 1890. The maximum Gasteiger partial charge on any atom is 0.312 e. The summed E-state index contributed by atoms with van der Waals surface area (Å²) in [7, 11) is 0. The lowest BCUT2D eigenvalue weighted by Crippen LogP contribution is -2.65. The van der Waals surface area contributed by atoms with Crippen molar-refractivity contribution in [3.8, 4) is 5.75 Å².